The van der Waals surface area contributed by atoms with E-state index in [0.29, 0.717) is 13.7 Å². The van der Waals surface area contributed by atoms with E-state index in [1.807, 2.05) is 22.6 Å². The van der Waals surface area contributed by atoms with Crippen molar-refractivity contribution in [3.8, 4) is 0 Å². The smallest absolute Gasteiger partial charge is 0.294 e. The minimum Gasteiger partial charge on any atom is -0.369 e. The summed E-state index contributed by atoms with van der Waals surface area (Å²) >= 11 is 5.25. The number of rotatable bonds is 6. The van der Waals surface area contributed by atoms with Gasteiger partial charge in [-0.15, -0.1) is 0 Å². The Hall–Kier alpha value is -2.48. The van der Waals surface area contributed by atoms with E-state index in [9.17, 15) is 20.2 Å². The maximum atomic E-state index is 11.2. The van der Waals surface area contributed by atoms with Gasteiger partial charge in [0.25, 0.3) is 11.4 Å². The largest absolute Gasteiger partial charge is 0.369 e. The Morgan fingerprint density at radius 1 is 1.22 bits per heavy atom. The van der Waals surface area contributed by atoms with Gasteiger partial charge in [0.15, 0.2) is 5.96 Å². The van der Waals surface area contributed by atoms with Crippen LogP contribution in [0, 0.1) is 23.8 Å². The molecule has 10 nitrogen and oxygen atoms in total. The molecule has 0 heterocycles. The lowest BCUT2D eigenvalue weighted by Crippen LogP contribution is -2.35. The lowest BCUT2D eigenvalue weighted by atomic mass is 10.2. The number of guanidine groups is 1. The van der Waals surface area contributed by atoms with Crippen LogP contribution in [0.5, 0.6) is 0 Å². The average Bonchev–Trinajstić information content (AvgIpc) is 2.61. The van der Waals surface area contributed by atoms with Crippen molar-refractivity contribution in [3.05, 3.63) is 64.7 Å². The van der Waals surface area contributed by atoms with Gasteiger partial charge in [-0.1, -0.05) is 12.1 Å². The van der Waals surface area contributed by atoms with Crippen molar-refractivity contribution < 1.29 is 9.85 Å². The average molecular weight is 549 g/mol. The highest BCUT2D eigenvalue weighted by Crippen LogP contribution is 2.35. The van der Waals surface area contributed by atoms with Crippen molar-refractivity contribution in [1.82, 2.24) is 0 Å². The molecule has 0 fully saturated rings. The molecule has 0 aromatic heterocycles. The molecule has 3 N–H and O–H groups in total. The number of nitrogens with two attached hydrogens (primary N) is 1. The highest BCUT2D eigenvalue weighted by atomic mass is 127. The summed E-state index contributed by atoms with van der Waals surface area (Å²) in [4.78, 5) is 26.8. The Balaban J connectivity index is 2.23. The number of hydrogen-bond acceptors (Lipinski definition) is 6. The molecule has 0 unspecified atom stereocenters. The second-order valence-electron chi connectivity index (χ2n) is 5.17. The van der Waals surface area contributed by atoms with Crippen molar-refractivity contribution in [1.29, 1.82) is 0 Å². The van der Waals surface area contributed by atoms with Crippen LogP contribution in [-0.2, 0) is 0 Å². The van der Waals surface area contributed by atoms with E-state index in [4.69, 9.17) is 5.73 Å². The van der Waals surface area contributed by atoms with E-state index in [0.717, 1.165) is 0 Å². The topological polar surface area (TPSA) is 140 Å². The van der Waals surface area contributed by atoms with Gasteiger partial charge < -0.3 is 16.0 Å². The summed E-state index contributed by atoms with van der Waals surface area (Å²) in [5.74, 6) is 0.00564. The molecule has 142 valence electrons. The third-order valence-electron chi connectivity index (χ3n) is 3.53. The fourth-order valence-electron chi connectivity index (χ4n) is 2.24. The number of nitrogens with zero attached hydrogens (tertiary/aromatic N) is 4. The number of para-hydroxylation sites is 2. The Labute approximate surface area is 176 Å². The van der Waals surface area contributed by atoms with Gasteiger partial charge in [-0.25, -0.2) is 4.99 Å². The molecular formula is C15H14BrIN6O4. The van der Waals surface area contributed by atoms with Gasteiger partial charge in [0.05, 0.1) is 9.85 Å². The fourth-order valence-corrected chi connectivity index (χ4v) is 3.54. The first kappa shape index (κ1) is 20.8. The van der Waals surface area contributed by atoms with Crippen LogP contribution in [0.15, 0.2) is 45.9 Å². The zero-order valence-corrected chi connectivity index (χ0v) is 17.7. The van der Waals surface area contributed by atoms with Gasteiger partial charge in [-0.3, -0.25) is 20.2 Å². The first-order chi connectivity index (χ1) is 12.7. The molecule has 2 rings (SSSR count). The van der Waals surface area contributed by atoms with Gasteiger partial charge in [0.1, 0.15) is 18.0 Å². The third-order valence-corrected chi connectivity index (χ3v) is 5.07. The SMILES string of the molecule is CN(C(N)=NCNc1c(I)cccc1[N+](=O)[O-])c1c(Br)cccc1[N+](=O)[O-]. The molecule has 0 amide bonds. The summed E-state index contributed by atoms with van der Waals surface area (Å²) in [5, 5.41) is 25.2. The molecule has 0 atom stereocenters. The van der Waals surface area contributed by atoms with Crippen molar-refractivity contribution in [2.24, 2.45) is 10.7 Å². The highest BCUT2D eigenvalue weighted by Gasteiger charge is 2.22. The number of anilines is 2. The molecule has 27 heavy (non-hydrogen) atoms. The van der Waals surface area contributed by atoms with E-state index < -0.39 is 9.85 Å². The number of nitrogens with one attached hydrogen (secondary N) is 1. The van der Waals surface area contributed by atoms with Gasteiger partial charge >= 0.3 is 0 Å². The maximum Gasteiger partial charge on any atom is 0.294 e. The second-order valence-corrected chi connectivity index (χ2v) is 7.18. The molecule has 12 heteroatoms. The van der Waals surface area contributed by atoms with Crippen LogP contribution in [0.3, 0.4) is 0 Å². The fraction of sp³-hybridized carbons (Fsp3) is 0.133. The number of aliphatic imine (C=N–C) groups is 1. The van der Waals surface area contributed by atoms with Crippen LogP contribution in [0.4, 0.5) is 22.7 Å². The molecule has 0 aliphatic heterocycles. The van der Waals surface area contributed by atoms with Crippen LogP contribution >= 0.6 is 38.5 Å². The maximum absolute atomic E-state index is 11.2. The summed E-state index contributed by atoms with van der Waals surface area (Å²) in [6, 6.07) is 9.25. The Bertz CT molecular complexity index is 923. The molecule has 2 aromatic carbocycles. The van der Waals surface area contributed by atoms with Gasteiger partial charge in [0, 0.05) is 27.2 Å². The van der Waals surface area contributed by atoms with E-state index in [-0.39, 0.29) is 29.7 Å². The number of nitro groups is 2. The minimum absolute atomic E-state index is 0.00564. The summed E-state index contributed by atoms with van der Waals surface area (Å²) in [6.45, 7) is -0.0464. The van der Waals surface area contributed by atoms with E-state index in [2.05, 4.69) is 26.2 Å². The number of benzene rings is 2. The van der Waals surface area contributed by atoms with Crippen molar-refractivity contribution in [2.75, 3.05) is 23.9 Å². The molecule has 0 saturated carbocycles. The molecule has 0 aliphatic carbocycles. The first-order valence-electron chi connectivity index (χ1n) is 7.37. The normalized spacial score (nSPS) is 11.1. The van der Waals surface area contributed by atoms with Crippen LogP contribution in [-0.4, -0.2) is 29.5 Å². The van der Waals surface area contributed by atoms with Crippen molar-refractivity contribution in [2.45, 2.75) is 0 Å². The predicted octanol–water partition coefficient (Wildman–Crippen LogP) is 3.69. The standard InChI is InChI=1S/C15H14BrIN6O4/c1-21(14-9(16)4-2-7-12(14)23(26)27)15(18)20-8-19-13-10(17)5-3-6-11(13)22(24)25/h2-7,19H,8H2,1H3,(H2,18,20). The van der Waals surface area contributed by atoms with Crippen LogP contribution in [0.2, 0.25) is 0 Å². The Morgan fingerprint density at radius 2 is 1.81 bits per heavy atom. The number of hydrogen-bond donors (Lipinski definition) is 2. The van der Waals surface area contributed by atoms with Crippen molar-refractivity contribution >= 4 is 67.2 Å². The summed E-state index contributed by atoms with van der Waals surface area (Å²) < 4.78 is 1.14. The molecular weight excluding hydrogens is 535 g/mol. The third kappa shape index (κ3) is 4.82. The summed E-state index contributed by atoms with van der Waals surface area (Å²) in [5.41, 5.74) is 6.31. The quantitative estimate of drug-likeness (QED) is 0.184. The zero-order valence-electron chi connectivity index (χ0n) is 13.9. The molecule has 0 spiro atoms. The second kappa shape index (κ2) is 8.94. The van der Waals surface area contributed by atoms with E-state index >= 15 is 0 Å². The number of nitro benzene ring substituents is 2. The monoisotopic (exact) mass is 548 g/mol. The van der Waals surface area contributed by atoms with Crippen molar-refractivity contribution in [3.63, 3.8) is 0 Å². The highest BCUT2D eigenvalue weighted by molar-refractivity contribution is 14.1. The first-order valence-corrected chi connectivity index (χ1v) is 9.24. The molecule has 0 saturated heterocycles. The minimum atomic E-state index is -0.516. The molecule has 0 aliphatic rings. The number of halogens is 2. The lowest BCUT2D eigenvalue weighted by molar-refractivity contribution is -0.384. The van der Waals surface area contributed by atoms with Crippen LogP contribution in [0.1, 0.15) is 0 Å². The molecule has 0 radical (unpaired) electrons. The van der Waals surface area contributed by atoms with Gasteiger partial charge in [-0.05, 0) is 50.7 Å². The zero-order chi connectivity index (χ0) is 20.1. The molecule has 0 bridgehead atoms. The molecule has 2 aromatic rings. The Morgan fingerprint density at radius 3 is 2.44 bits per heavy atom. The van der Waals surface area contributed by atoms with E-state index in [1.54, 1.807) is 31.3 Å². The van der Waals surface area contributed by atoms with Gasteiger partial charge in [0.2, 0.25) is 0 Å². The lowest BCUT2D eigenvalue weighted by Gasteiger charge is -2.19. The van der Waals surface area contributed by atoms with Crippen LogP contribution in [0.25, 0.3) is 0 Å². The summed E-state index contributed by atoms with van der Waals surface area (Å²) in [7, 11) is 1.54. The Kier molecular flexibility index (Phi) is 6.90. The van der Waals surface area contributed by atoms with E-state index in [1.165, 1.54) is 17.0 Å². The predicted molar refractivity (Wildman–Crippen MR) is 115 cm³/mol. The summed E-state index contributed by atoms with van der Waals surface area (Å²) in [6.07, 6.45) is 0. The van der Waals surface area contributed by atoms with Gasteiger partial charge in [-0.2, -0.15) is 0 Å². The van der Waals surface area contributed by atoms with Crippen LogP contribution < -0.4 is 16.0 Å².